The molecule has 0 aliphatic carbocycles. The average molecular weight is 544 g/mol. The van der Waals surface area contributed by atoms with E-state index < -0.39 is 22.2 Å². The molecular formula is C25H32F3N3O5S. The van der Waals surface area contributed by atoms with Gasteiger partial charge in [0.1, 0.15) is 0 Å². The number of aryl methyl sites for hydroxylation is 2. The summed E-state index contributed by atoms with van der Waals surface area (Å²) in [6, 6.07) is 15.2. The molecule has 0 aromatic heterocycles. The Labute approximate surface area is 215 Å². The van der Waals surface area contributed by atoms with Crippen molar-refractivity contribution in [2.24, 2.45) is 0 Å². The number of nitrogens with one attached hydrogen (secondary N) is 1. The number of amides is 1. The van der Waals surface area contributed by atoms with Crippen molar-refractivity contribution in [3.63, 3.8) is 0 Å². The molecular weight excluding hydrogens is 511 g/mol. The summed E-state index contributed by atoms with van der Waals surface area (Å²) in [5.41, 5.74) is 2.62. The van der Waals surface area contributed by atoms with Crippen LogP contribution >= 0.6 is 0 Å². The van der Waals surface area contributed by atoms with Crippen LogP contribution in [0.25, 0.3) is 0 Å². The van der Waals surface area contributed by atoms with Crippen molar-refractivity contribution in [3.8, 4) is 0 Å². The van der Waals surface area contributed by atoms with Crippen LogP contribution < -0.4 is 5.32 Å². The van der Waals surface area contributed by atoms with Gasteiger partial charge >= 0.3 is 12.1 Å². The van der Waals surface area contributed by atoms with Gasteiger partial charge in [-0.2, -0.15) is 17.5 Å². The van der Waals surface area contributed by atoms with Gasteiger partial charge < -0.3 is 15.3 Å². The summed E-state index contributed by atoms with van der Waals surface area (Å²) in [4.78, 5) is 23.9. The van der Waals surface area contributed by atoms with Gasteiger partial charge in [-0.15, -0.1) is 0 Å². The number of aliphatic carboxylic acids is 1. The molecule has 1 heterocycles. The second kappa shape index (κ2) is 13.0. The molecule has 0 spiro atoms. The Kier molecular flexibility index (Phi) is 10.6. The van der Waals surface area contributed by atoms with Gasteiger partial charge in [-0.1, -0.05) is 49.4 Å². The number of alkyl halides is 3. The summed E-state index contributed by atoms with van der Waals surface area (Å²) < 4.78 is 60.4. The van der Waals surface area contributed by atoms with Crippen LogP contribution in [-0.4, -0.2) is 80.1 Å². The fourth-order valence-electron chi connectivity index (χ4n) is 3.73. The van der Waals surface area contributed by atoms with Crippen LogP contribution in [-0.2, 0) is 19.6 Å². The maximum absolute atomic E-state index is 13.6. The second-order valence-electron chi connectivity index (χ2n) is 8.81. The summed E-state index contributed by atoms with van der Waals surface area (Å²) in [6.07, 6.45) is -5.08. The summed E-state index contributed by atoms with van der Waals surface area (Å²) in [6.45, 7) is 8.44. The molecule has 1 aliphatic heterocycles. The lowest BCUT2D eigenvalue weighted by molar-refractivity contribution is -0.192. The number of sulfonamides is 1. The lowest BCUT2D eigenvalue weighted by atomic mass is 10.0. The van der Waals surface area contributed by atoms with E-state index in [1.807, 2.05) is 56.3 Å². The minimum Gasteiger partial charge on any atom is -0.475 e. The molecule has 0 saturated carbocycles. The van der Waals surface area contributed by atoms with Crippen molar-refractivity contribution in [3.05, 3.63) is 65.2 Å². The van der Waals surface area contributed by atoms with Gasteiger partial charge in [-0.3, -0.25) is 4.79 Å². The number of carbonyl (C=O) groups excluding carboxylic acids is 1. The molecule has 2 aromatic carbocycles. The van der Waals surface area contributed by atoms with E-state index in [2.05, 4.69) is 5.32 Å². The van der Waals surface area contributed by atoms with Crippen molar-refractivity contribution in [2.45, 2.75) is 37.8 Å². The largest absolute Gasteiger partial charge is 0.490 e. The van der Waals surface area contributed by atoms with Crippen molar-refractivity contribution >= 4 is 21.9 Å². The number of rotatable bonds is 7. The number of benzene rings is 2. The Morgan fingerprint density at radius 3 is 2.19 bits per heavy atom. The maximum atomic E-state index is 13.6. The number of hydrogen-bond donors (Lipinski definition) is 2. The highest BCUT2D eigenvalue weighted by Gasteiger charge is 2.38. The molecule has 1 amide bonds. The van der Waals surface area contributed by atoms with Crippen LogP contribution in [0.4, 0.5) is 13.2 Å². The molecule has 1 unspecified atom stereocenters. The van der Waals surface area contributed by atoms with Gasteiger partial charge in [-0.25, -0.2) is 13.2 Å². The first-order valence-corrected chi connectivity index (χ1v) is 13.1. The lowest BCUT2D eigenvalue weighted by Crippen LogP contribution is -2.50. The first-order chi connectivity index (χ1) is 17.2. The molecule has 2 aromatic rings. The number of carboxylic acids is 1. The summed E-state index contributed by atoms with van der Waals surface area (Å²) in [5.74, 6) is -2.94. The highest BCUT2D eigenvalue weighted by atomic mass is 32.2. The minimum atomic E-state index is -5.08. The van der Waals surface area contributed by atoms with Crippen molar-refractivity contribution in [2.75, 3.05) is 39.3 Å². The molecule has 0 bridgehead atoms. The minimum absolute atomic E-state index is 0.0399. The van der Waals surface area contributed by atoms with E-state index in [0.717, 1.165) is 24.2 Å². The van der Waals surface area contributed by atoms with Gasteiger partial charge in [0, 0.05) is 32.7 Å². The van der Waals surface area contributed by atoms with E-state index >= 15 is 0 Å². The SMILES string of the molecule is Cc1ccc(C)c(S(=O)(=O)N(CC(=O)N2CCNCC2)CC(C)c2ccccc2)c1.O=C(O)C(F)(F)F. The molecule has 1 saturated heterocycles. The summed E-state index contributed by atoms with van der Waals surface area (Å²) in [7, 11) is -3.82. The van der Waals surface area contributed by atoms with E-state index in [4.69, 9.17) is 9.90 Å². The van der Waals surface area contributed by atoms with E-state index in [0.29, 0.717) is 18.7 Å². The molecule has 1 atom stereocenters. The molecule has 204 valence electrons. The first kappa shape index (κ1) is 30.3. The van der Waals surface area contributed by atoms with Crippen molar-refractivity contribution in [1.82, 2.24) is 14.5 Å². The number of hydrogen-bond acceptors (Lipinski definition) is 5. The third-order valence-electron chi connectivity index (χ3n) is 5.83. The number of carboxylic acid groups (broad SMARTS) is 1. The Hall–Kier alpha value is -2.96. The monoisotopic (exact) mass is 543 g/mol. The summed E-state index contributed by atoms with van der Waals surface area (Å²) >= 11 is 0. The van der Waals surface area contributed by atoms with Gasteiger partial charge in [0.15, 0.2) is 0 Å². The quantitative estimate of drug-likeness (QED) is 0.556. The Bertz CT molecular complexity index is 1170. The van der Waals surface area contributed by atoms with Crippen LogP contribution in [0.2, 0.25) is 0 Å². The maximum Gasteiger partial charge on any atom is 0.490 e. The highest BCUT2D eigenvalue weighted by molar-refractivity contribution is 7.89. The third-order valence-corrected chi connectivity index (χ3v) is 7.79. The number of piperazine rings is 1. The highest BCUT2D eigenvalue weighted by Crippen LogP contribution is 2.25. The molecule has 0 radical (unpaired) electrons. The van der Waals surface area contributed by atoms with Crippen molar-refractivity contribution in [1.29, 1.82) is 0 Å². The lowest BCUT2D eigenvalue weighted by Gasteiger charge is -2.31. The van der Waals surface area contributed by atoms with Crippen LogP contribution in [0.5, 0.6) is 0 Å². The van der Waals surface area contributed by atoms with Gasteiger partial charge in [0.05, 0.1) is 11.4 Å². The molecule has 8 nitrogen and oxygen atoms in total. The smallest absolute Gasteiger partial charge is 0.475 e. The zero-order valence-electron chi connectivity index (χ0n) is 21.0. The van der Waals surface area contributed by atoms with Crippen LogP contribution in [0, 0.1) is 13.8 Å². The number of carbonyl (C=O) groups is 2. The molecule has 2 N–H and O–H groups in total. The van der Waals surface area contributed by atoms with Crippen molar-refractivity contribution < 1.29 is 36.3 Å². The molecule has 1 fully saturated rings. The molecule has 1 aliphatic rings. The first-order valence-electron chi connectivity index (χ1n) is 11.6. The molecule has 3 rings (SSSR count). The topological polar surface area (TPSA) is 107 Å². The third kappa shape index (κ3) is 8.83. The molecule has 37 heavy (non-hydrogen) atoms. The fraction of sp³-hybridized carbons (Fsp3) is 0.440. The second-order valence-corrected chi connectivity index (χ2v) is 10.7. The predicted octanol–water partition coefficient (Wildman–Crippen LogP) is 3.16. The molecule has 12 heteroatoms. The average Bonchev–Trinajstić information content (AvgIpc) is 2.85. The van der Waals surface area contributed by atoms with E-state index in [-0.39, 0.29) is 29.8 Å². The van der Waals surface area contributed by atoms with E-state index in [9.17, 15) is 26.4 Å². The standard InChI is InChI=1S/C23H31N3O3S.C2HF3O2/c1-18-9-10-19(2)22(15-18)30(28,29)26(16-20(3)21-7-5-4-6-8-21)17-23(27)25-13-11-24-12-14-25;3-2(4,5)1(6)7/h4-10,15,20,24H,11-14,16-17H2,1-3H3;(H,6,7). The summed E-state index contributed by atoms with van der Waals surface area (Å²) in [5, 5.41) is 10.3. The number of halogens is 3. The zero-order chi connectivity index (χ0) is 27.8. The Balaban J connectivity index is 0.000000604. The predicted molar refractivity (Wildman–Crippen MR) is 133 cm³/mol. The normalized spacial score (nSPS) is 15.1. The Morgan fingerprint density at radius 1 is 1.08 bits per heavy atom. The van der Waals surface area contributed by atoms with E-state index in [1.54, 1.807) is 17.9 Å². The van der Waals surface area contributed by atoms with Crippen LogP contribution in [0.1, 0.15) is 29.5 Å². The van der Waals surface area contributed by atoms with E-state index in [1.165, 1.54) is 4.31 Å². The van der Waals surface area contributed by atoms with Gasteiger partial charge in [0.2, 0.25) is 15.9 Å². The fourth-order valence-corrected chi connectivity index (χ4v) is 5.52. The van der Waals surface area contributed by atoms with Crippen LogP contribution in [0.3, 0.4) is 0 Å². The number of nitrogens with zero attached hydrogens (tertiary/aromatic N) is 2. The van der Waals surface area contributed by atoms with Gasteiger partial charge in [-0.05, 0) is 42.5 Å². The van der Waals surface area contributed by atoms with Gasteiger partial charge in [0.25, 0.3) is 0 Å². The Morgan fingerprint density at radius 2 is 1.65 bits per heavy atom. The van der Waals surface area contributed by atoms with Crippen LogP contribution in [0.15, 0.2) is 53.4 Å². The zero-order valence-corrected chi connectivity index (χ0v) is 21.8.